The van der Waals surface area contributed by atoms with Crippen LogP contribution in [0.1, 0.15) is 20.8 Å². The highest BCUT2D eigenvalue weighted by molar-refractivity contribution is 6.39. The summed E-state index contributed by atoms with van der Waals surface area (Å²) in [4.78, 5) is 19.3. The van der Waals surface area contributed by atoms with Gasteiger partial charge in [0.05, 0.1) is 5.03 Å². The fraction of sp³-hybridized carbons (Fsp3) is 0.538. The molecule has 0 bridgehead atoms. The van der Waals surface area contributed by atoms with Crippen molar-refractivity contribution in [3.05, 3.63) is 23.0 Å². The Kier molecular flexibility index (Phi) is 5.41. The number of aliphatic imine (C=N–C) groups is 1. The summed E-state index contributed by atoms with van der Waals surface area (Å²) in [5.74, 6) is 0.131. The van der Waals surface area contributed by atoms with E-state index in [9.17, 15) is 4.79 Å². The highest BCUT2D eigenvalue weighted by Crippen LogP contribution is 2.15. The van der Waals surface area contributed by atoms with E-state index in [1.54, 1.807) is 13.1 Å². The number of amides is 1. The van der Waals surface area contributed by atoms with Gasteiger partial charge in [0, 0.05) is 50.7 Å². The van der Waals surface area contributed by atoms with E-state index in [-0.39, 0.29) is 5.91 Å². The molecule has 0 spiro atoms. The highest BCUT2D eigenvalue weighted by Gasteiger charge is 2.19. The molecule has 0 aromatic carbocycles. The lowest BCUT2D eigenvalue weighted by Gasteiger charge is -2.36. The van der Waals surface area contributed by atoms with E-state index in [1.807, 2.05) is 18.7 Å². The average Bonchev–Trinajstić information content (AvgIpc) is 2.35. The first-order valence-corrected chi connectivity index (χ1v) is 6.36. The van der Waals surface area contributed by atoms with Crippen LogP contribution in [-0.2, 0) is 4.79 Å². The first-order valence-electron chi connectivity index (χ1n) is 5.98. The minimum absolute atomic E-state index is 0.131. The summed E-state index contributed by atoms with van der Waals surface area (Å²) in [5, 5.41) is 0.620. The summed E-state index contributed by atoms with van der Waals surface area (Å²) in [5.41, 5.74) is 1.72. The molecule has 0 saturated carbocycles. The van der Waals surface area contributed by atoms with Crippen molar-refractivity contribution in [3.63, 3.8) is 0 Å². The summed E-state index contributed by atoms with van der Waals surface area (Å²) < 4.78 is 0. The van der Waals surface area contributed by atoms with Gasteiger partial charge in [-0.2, -0.15) is 0 Å². The number of hydrogen-bond acceptors (Lipinski definition) is 3. The van der Waals surface area contributed by atoms with Crippen LogP contribution in [0.5, 0.6) is 0 Å². The number of allylic oxidation sites excluding steroid dienone is 3. The van der Waals surface area contributed by atoms with Gasteiger partial charge in [-0.05, 0) is 13.8 Å². The Hall–Kier alpha value is -1.29. The van der Waals surface area contributed by atoms with Crippen LogP contribution < -0.4 is 0 Å². The molecule has 1 aliphatic rings. The van der Waals surface area contributed by atoms with Crippen molar-refractivity contribution in [2.24, 2.45) is 4.99 Å². The fourth-order valence-corrected chi connectivity index (χ4v) is 1.94. The molecule has 0 unspecified atom stereocenters. The van der Waals surface area contributed by atoms with Crippen LogP contribution in [0.15, 0.2) is 28.0 Å². The Morgan fingerprint density at radius 3 is 2.11 bits per heavy atom. The number of nitrogens with zero attached hydrogens (tertiary/aromatic N) is 3. The summed E-state index contributed by atoms with van der Waals surface area (Å²) in [6.45, 7) is 12.2. The molecular weight excluding hydrogens is 250 g/mol. The molecule has 18 heavy (non-hydrogen) atoms. The van der Waals surface area contributed by atoms with Crippen LogP contribution in [0.2, 0.25) is 0 Å². The van der Waals surface area contributed by atoms with Crippen molar-refractivity contribution >= 4 is 23.7 Å². The lowest BCUT2D eigenvalue weighted by Crippen LogP contribution is -2.47. The lowest BCUT2D eigenvalue weighted by molar-refractivity contribution is -0.130. The quantitative estimate of drug-likeness (QED) is 0.737. The monoisotopic (exact) mass is 269 g/mol. The van der Waals surface area contributed by atoms with Crippen LogP contribution in [0.3, 0.4) is 0 Å². The molecule has 1 heterocycles. The number of rotatable bonds is 3. The van der Waals surface area contributed by atoms with E-state index >= 15 is 0 Å². The lowest BCUT2D eigenvalue weighted by atomic mass is 10.2. The van der Waals surface area contributed by atoms with Crippen molar-refractivity contribution in [3.8, 4) is 0 Å². The standard InChI is InChI=1S/C13H20ClN3O/c1-10(2)15-9-13(14)11(3)16-5-7-17(8-6-16)12(4)18/h9H,1,5-8H2,2-4H3/b13-11-,15-9?. The summed E-state index contributed by atoms with van der Waals surface area (Å²) >= 11 is 6.17. The highest BCUT2D eigenvalue weighted by atomic mass is 35.5. The van der Waals surface area contributed by atoms with Gasteiger partial charge < -0.3 is 9.80 Å². The van der Waals surface area contributed by atoms with E-state index in [0.29, 0.717) is 5.03 Å². The zero-order valence-electron chi connectivity index (χ0n) is 11.2. The van der Waals surface area contributed by atoms with E-state index in [0.717, 1.165) is 37.6 Å². The molecule has 4 nitrogen and oxygen atoms in total. The molecule has 0 atom stereocenters. The predicted molar refractivity (Wildman–Crippen MR) is 75.7 cm³/mol. The van der Waals surface area contributed by atoms with Crippen LogP contribution in [-0.4, -0.2) is 48.1 Å². The van der Waals surface area contributed by atoms with Crippen LogP contribution >= 0.6 is 11.6 Å². The van der Waals surface area contributed by atoms with Gasteiger partial charge in [0.2, 0.25) is 5.91 Å². The largest absolute Gasteiger partial charge is 0.370 e. The van der Waals surface area contributed by atoms with E-state index in [4.69, 9.17) is 11.6 Å². The van der Waals surface area contributed by atoms with Gasteiger partial charge in [-0.25, -0.2) is 0 Å². The molecule has 0 aromatic rings. The van der Waals surface area contributed by atoms with Crippen LogP contribution in [0, 0.1) is 0 Å². The molecule has 1 saturated heterocycles. The molecule has 1 amide bonds. The van der Waals surface area contributed by atoms with Gasteiger partial charge in [-0.3, -0.25) is 9.79 Å². The van der Waals surface area contributed by atoms with Gasteiger partial charge in [-0.1, -0.05) is 18.2 Å². The molecule has 0 N–H and O–H groups in total. The molecule has 1 aliphatic heterocycles. The maximum Gasteiger partial charge on any atom is 0.219 e. The minimum atomic E-state index is 0.131. The first kappa shape index (κ1) is 14.8. The maximum atomic E-state index is 11.2. The number of carbonyl (C=O) groups is 1. The molecule has 0 radical (unpaired) electrons. The first-order chi connectivity index (χ1) is 8.41. The third kappa shape index (κ3) is 4.18. The van der Waals surface area contributed by atoms with Crippen LogP contribution in [0.25, 0.3) is 0 Å². The van der Waals surface area contributed by atoms with Crippen molar-refractivity contribution in [1.29, 1.82) is 0 Å². The average molecular weight is 270 g/mol. The van der Waals surface area contributed by atoms with Gasteiger partial charge in [-0.15, -0.1) is 0 Å². The minimum Gasteiger partial charge on any atom is -0.370 e. The maximum absolute atomic E-state index is 11.2. The number of hydrogen-bond donors (Lipinski definition) is 0. The van der Waals surface area contributed by atoms with Crippen molar-refractivity contribution in [2.75, 3.05) is 26.2 Å². The molecule has 0 aliphatic carbocycles. The molecule has 5 heteroatoms. The summed E-state index contributed by atoms with van der Waals surface area (Å²) in [6, 6.07) is 0. The Labute approximate surface area is 114 Å². The number of piperazine rings is 1. The van der Waals surface area contributed by atoms with Gasteiger partial charge in [0.15, 0.2) is 0 Å². The number of carbonyl (C=O) groups excluding carboxylic acids is 1. The molecule has 0 aromatic heterocycles. The van der Waals surface area contributed by atoms with Crippen molar-refractivity contribution < 1.29 is 4.79 Å². The Morgan fingerprint density at radius 2 is 1.67 bits per heavy atom. The molecular formula is C13H20ClN3O. The number of halogens is 1. The van der Waals surface area contributed by atoms with Crippen molar-refractivity contribution in [2.45, 2.75) is 20.8 Å². The summed E-state index contributed by atoms with van der Waals surface area (Å²) in [7, 11) is 0. The Balaban J connectivity index is 2.63. The second-order valence-electron chi connectivity index (χ2n) is 4.42. The fourth-order valence-electron chi connectivity index (χ4n) is 1.77. The topological polar surface area (TPSA) is 35.9 Å². The van der Waals surface area contributed by atoms with Gasteiger partial charge in [0.25, 0.3) is 0 Å². The second kappa shape index (κ2) is 6.59. The molecule has 1 rings (SSSR count). The Morgan fingerprint density at radius 1 is 1.17 bits per heavy atom. The SMILES string of the molecule is C=C(C)N=C/C(Cl)=C(\C)N1CCN(C(C)=O)CC1. The second-order valence-corrected chi connectivity index (χ2v) is 4.83. The zero-order valence-corrected chi connectivity index (χ0v) is 12.0. The van der Waals surface area contributed by atoms with E-state index < -0.39 is 0 Å². The van der Waals surface area contributed by atoms with E-state index in [2.05, 4.69) is 16.5 Å². The third-order valence-electron chi connectivity index (χ3n) is 2.94. The Bertz CT molecular complexity index is 393. The normalized spacial score (nSPS) is 18.0. The van der Waals surface area contributed by atoms with Crippen molar-refractivity contribution in [1.82, 2.24) is 9.80 Å². The zero-order chi connectivity index (χ0) is 13.7. The van der Waals surface area contributed by atoms with Crippen LogP contribution in [0.4, 0.5) is 0 Å². The smallest absolute Gasteiger partial charge is 0.219 e. The third-order valence-corrected chi connectivity index (χ3v) is 3.31. The van der Waals surface area contributed by atoms with Gasteiger partial charge >= 0.3 is 0 Å². The van der Waals surface area contributed by atoms with E-state index in [1.165, 1.54) is 0 Å². The predicted octanol–water partition coefficient (Wildman–Crippen LogP) is 2.23. The molecule has 100 valence electrons. The summed E-state index contributed by atoms with van der Waals surface area (Å²) in [6.07, 6.45) is 1.62. The molecule has 1 fully saturated rings. The van der Waals surface area contributed by atoms with Gasteiger partial charge in [0.1, 0.15) is 0 Å².